The molecule has 0 radical (unpaired) electrons. The van der Waals surface area contributed by atoms with Crippen molar-refractivity contribution in [3.05, 3.63) is 108 Å². The first-order valence-corrected chi connectivity index (χ1v) is 10.7. The molecule has 1 amide bonds. The minimum Gasteiger partial charge on any atom is -0.489 e. The Kier molecular flexibility index (Phi) is 7.14. The summed E-state index contributed by atoms with van der Waals surface area (Å²) in [5.41, 5.74) is 3.05. The molecule has 6 nitrogen and oxygen atoms in total. The highest BCUT2D eigenvalue weighted by Crippen LogP contribution is 2.25. The number of thiocarbonyl (C=S) groups is 1. The Morgan fingerprint density at radius 2 is 1.73 bits per heavy atom. The Morgan fingerprint density at radius 1 is 0.939 bits per heavy atom. The maximum atomic E-state index is 12.5. The Morgan fingerprint density at radius 3 is 2.45 bits per heavy atom. The highest BCUT2D eigenvalue weighted by Gasteiger charge is 2.10. The van der Waals surface area contributed by atoms with Crippen molar-refractivity contribution in [3.8, 4) is 17.1 Å². The molecule has 1 aromatic heterocycles. The van der Waals surface area contributed by atoms with Gasteiger partial charge in [0.2, 0.25) is 0 Å². The van der Waals surface area contributed by atoms with Crippen LogP contribution in [0.3, 0.4) is 0 Å². The van der Waals surface area contributed by atoms with Crippen LogP contribution >= 0.6 is 12.2 Å². The molecule has 3 aromatic carbocycles. The summed E-state index contributed by atoms with van der Waals surface area (Å²) >= 11 is 5.29. The van der Waals surface area contributed by atoms with Crippen molar-refractivity contribution in [2.75, 3.05) is 5.32 Å². The number of aliphatic hydroxyl groups is 1. The number of aliphatic hydroxyl groups excluding tert-OH is 1. The van der Waals surface area contributed by atoms with Crippen molar-refractivity contribution >= 4 is 28.9 Å². The summed E-state index contributed by atoms with van der Waals surface area (Å²) in [4.78, 5) is 12.5. The van der Waals surface area contributed by atoms with E-state index in [2.05, 4.69) is 10.6 Å². The molecule has 0 fully saturated rings. The van der Waals surface area contributed by atoms with Gasteiger partial charge in [0.1, 0.15) is 30.5 Å². The second-order valence-electron chi connectivity index (χ2n) is 7.21. The fourth-order valence-electron chi connectivity index (χ4n) is 3.15. The molecule has 4 rings (SSSR count). The molecule has 4 aromatic rings. The largest absolute Gasteiger partial charge is 0.489 e. The fourth-order valence-corrected chi connectivity index (χ4v) is 3.36. The van der Waals surface area contributed by atoms with E-state index in [4.69, 9.17) is 26.5 Å². The van der Waals surface area contributed by atoms with Crippen LogP contribution in [-0.2, 0) is 13.2 Å². The average molecular weight is 459 g/mol. The molecular formula is C26H22N2O4S. The van der Waals surface area contributed by atoms with Crippen LogP contribution in [0.25, 0.3) is 11.3 Å². The second kappa shape index (κ2) is 10.6. The number of benzene rings is 3. The summed E-state index contributed by atoms with van der Waals surface area (Å²) in [7, 11) is 0. The van der Waals surface area contributed by atoms with Crippen LogP contribution in [0.2, 0.25) is 0 Å². The van der Waals surface area contributed by atoms with E-state index in [1.54, 1.807) is 36.4 Å². The molecule has 0 bridgehead atoms. The lowest BCUT2D eigenvalue weighted by molar-refractivity contribution is 0.0977. The maximum Gasteiger partial charge on any atom is 0.257 e. The Bertz CT molecular complexity index is 1240. The third-order valence-corrected chi connectivity index (χ3v) is 5.02. The molecule has 0 saturated heterocycles. The monoisotopic (exact) mass is 458 g/mol. The number of hydrogen-bond acceptors (Lipinski definition) is 5. The topological polar surface area (TPSA) is 83.7 Å². The van der Waals surface area contributed by atoms with Crippen LogP contribution in [0.15, 0.2) is 95.4 Å². The summed E-state index contributed by atoms with van der Waals surface area (Å²) < 4.78 is 11.3. The van der Waals surface area contributed by atoms with E-state index in [1.165, 1.54) is 0 Å². The highest BCUT2D eigenvalue weighted by molar-refractivity contribution is 7.80. The molecule has 3 N–H and O–H groups in total. The van der Waals surface area contributed by atoms with Gasteiger partial charge in [0.15, 0.2) is 5.11 Å². The molecule has 0 aliphatic rings. The molecule has 0 aliphatic heterocycles. The van der Waals surface area contributed by atoms with Gasteiger partial charge in [0, 0.05) is 16.8 Å². The van der Waals surface area contributed by atoms with Crippen molar-refractivity contribution in [1.29, 1.82) is 0 Å². The second-order valence-corrected chi connectivity index (χ2v) is 7.62. The number of nitrogens with one attached hydrogen (secondary N) is 2. The van der Waals surface area contributed by atoms with Gasteiger partial charge in [0.25, 0.3) is 5.91 Å². The van der Waals surface area contributed by atoms with Gasteiger partial charge in [-0.05, 0) is 66.3 Å². The highest BCUT2D eigenvalue weighted by atomic mass is 32.1. The van der Waals surface area contributed by atoms with Crippen LogP contribution in [0.4, 0.5) is 5.69 Å². The van der Waals surface area contributed by atoms with Gasteiger partial charge in [-0.1, -0.05) is 42.5 Å². The summed E-state index contributed by atoms with van der Waals surface area (Å²) in [5.74, 6) is 1.47. The SMILES string of the molecule is O=C(NC(=S)Nc1cccc(-c2ccc(CO)o2)c1)c1ccc(OCc2ccccc2)cc1. The van der Waals surface area contributed by atoms with Crippen LogP contribution in [-0.4, -0.2) is 16.1 Å². The summed E-state index contributed by atoms with van der Waals surface area (Å²) in [6.45, 7) is 0.299. The van der Waals surface area contributed by atoms with Gasteiger partial charge in [-0.3, -0.25) is 10.1 Å². The Labute approximate surface area is 196 Å². The van der Waals surface area contributed by atoms with Gasteiger partial charge in [-0.15, -0.1) is 0 Å². The fraction of sp³-hybridized carbons (Fsp3) is 0.0769. The molecule has 0 unspecified atom stereocenters. The quantitative estimate of drug-likeness (QED) is 0.333. The van der Waals surface area contributed by atoms with E-state index >= 15 is 0 Å². The lowest BCUT2D eigenvalue weighted by Crippen LogP contribution is -2.34. The number of hydrogen-bond donors (Lipinski definition) is 3. The Hall–Kier alpha value is -3.94. The van der Waals surface area contributed by atoms with Crippen LogP contribution < -0.4 is 15.4 Å². The van der Waals surface area contributed by atoms with Crippen molar-refractivity contribution in [1.82, 2.24) is 5.32 Å². The van der Waals surface area contributed by atoms with Crippen LogP contribution in [0.5, 0.6) is 5.75 Å². The average Bonchev–Trinajstić information content (AvgIpc) is 3.33. The van der Waals surface area contributed by atoms with E-state index in [1.807, 2.05) is 54.6 Å². The van der Waals surface area contributed by atoms with Gasteiger partial charge >= 0.3 is 0 Å². The molecule has 166 valence electrons. The number of carbonyl (C=O) groups is 1. The minimum absolute atomic E-state index is 0.159. The lowest BCUT2D eigenvalue weighted by atomic mass is 10.1. The zero-order chi connectivity index (χ0) is 23.0. The number of ether oxygens (including phenoxy) is 1. The first-order valence-electron chi connectivity index (χ1n) is 10.3. The van der Waals surface area contributed by atoms with E-state index < -0.39 is 0 Å². The predicted octanol–water partition coefficient (Wildman–Crippen LogP) is 5.14. The van der Waals surface area contributed by atoms with Crippen LogP contribution in [0, 0.1) is 0 Å². The first-order chi connectivity index (χ1) is 16.1. The van der Waals surface area contributed by atoms with Crippen molar-refractivity contribution in [2.45, 2.75) is 13.2 Å². The van der Waals surface area contributed by atoms with E-state index in [0.29, 0.717) is 35.1 Å². The third-order valence-electron chi connectivity index (χ3n) is 4.81. The third kappa shape index (κ3) is 6.06. The first kappa shape index (κ1) is 22.3. The molecule has 0 atom stereocenters. The predicted molar refractivity (Wildman–Crippen MR) is 131 cm³/mol. The maximum absolute atomic E-state index is 12.5. The number of rotatable bonds is 7. The summed E-state index contributed by atoms with van der Waals surface area (Å²) in [5, 5.41) is 15.0. The Balaban J connectivity index is 1.32. The molecule has 1 heterocycles. The molecule has 33 heavy (non-hydrogen) atoms. The van der Waals surface area contributed by atoms with Crippen molar-refractivity contribution in [2.24, 2.45) is 0 Å². The molecule has 7 heteroatoms. The number of carbonyl (C=O) groups excluding carboxylic acids is 1. The van der Waals surface area contributed by atoms with E-state index in [-0.39, 0.29) is 17.6 Å². The van der Waals surface area contributed by atoms with Gasteiger partial charge in [-0.25, -0.2) is 0 Å². The van der Waals surface area contributed by atoms with E-state index in [9.17, 15) is 4.79 Å². The van der Waals surface area contributed by atoms with Crippen molar-refractivity contribution in [3.63, 3.8) is 0 Å². The number of anilines is 1. The molecule has 0 spiro atoms. The van der Waals surface area contributed by atoms with Crippen molar-refractivity contribution < 1.29 is 19.1 Å². The number of amides is 1. The summed E-state index contributed by atoms with van der Waals surface area (Å²) in [6, 6.07) is 27.7. The molecule has 0 saturated carbocycles. The standard InChI is InChI=1S/C26H22N2O4S/c29-16-23-13-14-24(32-23)20-7-4-8-21(15-20)27-26(33)28-25(30)19-9-11-22(12-10-19)31-17-18-5-2-1-3-6-18/h1-15,29H,16-17H2,(H2,27,28,30,33). The molecule has 0 aliphatic carbocycles. The zero-order valence-corrected chi connectivity index (χ0v) is 18.5. The van der Waals surface area contributed by atoms with Gasteiger partial charge in [0.05, 0.1) is 0 Å². The smallest absolute Gasteiger partial charge is 0.257 e. The van der Waals surface area contributed by atoms with Gasteiger partial charge in [-0.2, -0.15) is 0 Å². The molecular weight excluding hydrogens is 436 g/mol. The number of furan rings is 1. The normalized spacial score (nSPS) is 10.5. The van der Waals surface area contributed by atoms with Gasteiger partial charge < -0.3 is 19.6 Å². The zero-order valence-electron chi connectivity index (χ0n) is 17.7. The summed E-state index contributed by atoms with van der Waals surface area (Å²) in [6.07, 6.45) is 0. The lowest BCUT2D eigenvalue weighted by Gasteiger charge is -2.11. The van der Waals surface area contributed by atoms with Crippen LogP contribution in [0.1, 0.15) is 21.7 Å². The van der Waals surface area contributed by atoms with E-state index in [0.717, 1.165) is 11.1 Å². The minimum atomic E-state index is -0.322.